The third kappa shape index (κ3) is 72.4. The lowest BCUT2D eigenvalue weighted by Gasteiger charge is -2.26. The van der Waals surface area contributed by atoms with Crippen molar-refractivity contribution in [2.75, 3.05) is 65.7 Å². The average molecular weight is 1390 g/mol. The summed E-state index contributed by atoms with van der Waals surface area (Å²) in [6.45, 7) is 12.4. The number of carbonyl (C=O) groups excluding carboxylic acids is 4. The van der Waals surface area contributed by atoms with Crippen LogP contribution in [0.4, 0.5) is 0 Å². The lowest BCUT2D eigenvalue weighted by Crippen LogP contribution is -2.39. The molecule has 2 atom stereocenters. The number of hydrogen-bond donors (Lipinski definition) is 2. The molecule has 0 aromatic heterocycles. The summed E-state index contributed by atoms with van der Waals surface area (Å²) in [5.74, 6) is -0.640. The Morgan fingerprint density at radius 3 is 0.910 bits per heavy atom. The zero-order valence-corrected chi connectivity index (χ0v) is 64.2. The van der Waals surface area contributed by atoms with Gasteiger partial charge < -0.3 is 29.2 Å². The number of rotatable bonds is 73. The number of nitrogens with zero attached hydrogens (tertiary/aromatic N) is 2. The molecule has 0 bridgehead atoms. The molecular weight excluding hydrogens is 1240 g/mol. The molecule has 2 N–H and O–H groups in total. The Balaban J connectivity index is 4.30. The van der Waals surface area contributed by atoms with E-state index < -0.39 is 0 Å². The molecule has 0 saturated carbocycles. The number of allylic oxidation sites excluding steroid dienone is 22. The normalized spacial score (nSPS) is 13.2. The number of aliphatic hydroxyl groups is 2. The van der Waals surface area contributed by atoms with Crippen LogP contribution < -0.4 is 0 Å². The summed E-state index contributed by atoms with van der Waals surface area (Å²) in [7, 11) is 0. The lowest BCUT2D eigenvalue weighted by molar-refractivity contribution is -0.150. The highest BCUT2D eigenvalue weighted by molar-refractivity contribution is 5.70. The summed E-state index contributed by atoms with van der Waals surface area (Å²) >= 11 is 0. The van der Waals surface area contributed by atoms with Gasteiger partial charge in [0.05, 0.1) is 39.3 Å². The number of aliphatic hydroxyl groups excluding tert-OH is 2. The van der Waals surface area contributed by atoms with Crippen molar-refractivity contribution in [1.82, 2.24) is 9.80 Å². The molecule has 0 amide bonds. The van der Waals surface area contributed by atoms with E-state index in [1.54, 1.807) is 0 Å². The van der Waals surface area contributed by atoms with Crippen LogP contribution in [0.2, 0.25) is 0 Å². The van der Waals surface area contributed by atoms with Crippen molar-refractivity contribution in [3.05, 3.63) is 146 Å². The molecular formula is C88H148N2O10. The van der Waals surface area contributed by atoms with Gasteiger partial charge in [0, 0.05) is 65.0 Å². The summed E-state index contributed by atoms with van der Waals surface area (Å²) in [6, 6.07) is 0. The van der Waals surface area contributed by atoms with Crippen molar-refractivity contribution in [1.29, 1.82) is 0 Å². The predicted molar refractivity (Wildman–Crippen MR) is 424 cm³/mol. The van der Waals surface area contributed by atoms with Gasteiger partial charge in [-0.2, -0.15) is 0 Å². The van der Waals surface area contributed by atoms with Gasteiger partial charge >= 0.3 is 23.9 Å². The maximum atomic E-state index is 12.8. The van der Waals surface area contributed by atoms with Crippen LogP contribution in [0.25, 0.3) is 0 Å². The number of carbonyl (C=O) groups is 4. The Morgan fingerprint density at radius 1 is 0.290 bits per heavy atom. The van der Waals surface area contributed by atoms with Crippen LogP contribution in [0.3, 0.4) is 0 Å². The van der Waals surface area contributed by atoms with E-state index in [0.29, 0.717) is 65.3 Å². The molecule has 0 aromatic rings. The first-order valence-corrected chi connectivity index (χ1v) is 40.4. The van der Waals surface area contributed by atoms with Gasteiger partial charge in [0.15, 0.2) is 0 Å². The number of ether oxygens (including phenoxy) is 4. The average Bonchev–Trinajstić information content (AvgIpc) is 2.47. The van der Waals surface area contributed by atoms with E-state index in [9.17, 15) is 29.4 Å². The molecule has 0 aliphatic rings. The van der Waals surface area contributed by atoms with Crippen LogP contribution in [-0.2, 0) is 38.1 Å². The summed E-state index contributed by atoms with van der Waals surface area (Å²) in [5.41, 5.74) is 0. The van der Waals surface area contributed by atoms with Crippen LogP contribution in [0.5, 0.6) is 0 Å². The molecule has 0 aliphatic heterocycles. The van der Waals surface area contributed by atoms with Gasteiger partial charge in [-0.1, -0.05) is 263 Å². The molecule has 0 rings (SSSR count). The summed E-state index contributed by atoms with van der Waals surface area (Å²) in [4.78, 5) is 54.9. The van der Waals surface area contributed by atoms with E-state index >= 15 is 0 Å². The Labute approximate surface area is 612 Å². The van der Waals surface area contributed by atoms with Gasteiger partial charge in [-0.3, -0.25) is 29.0 Å². The van der Waals surface area contributed by atoms with Gasteiger partial charge in [-0.25, -0.2) is 0 Å². The quantitative estimate of drug-likeness (QED) is 0.0258. The Hall–Kier alpha value is -5.40. The first-order chi connectivity index (χ1) is 49.2. The fourth-order valence-corrected chi connectivity index (χ4v) is 11.1. The smallest absolute Gasteiger partial charge is 0.307 e. The van der Waals surface area contributed by atoms with Crippen LogP contribution in [-0.4, -0.2) is 122 Å². The van der Waals surface area contributed by atoms with Crippen molar-refractivity contribution in [3.63, 3.8) is 0 Å². The zero-order valence-electron chi connectivity index (χ0n) is 64.2. The third-order valence-electron chi connectivity index (χ3n) is 17.2. The molecule has 0 fully saturated rings. The molecule has 100 heavy (non-hydrogen) atoms. The van der Waals surface area contributed by atoms with Gasteiger partial charge in [0.2, 0.25) is 0 Å². The van der Waals surface area contributed by atoms with Crippen molar-refractivity contribution in [3.8, 4) is 0 Å². The van der Waals surface area contributed by atoms with E-state index in [4.69, 9.17) is 18.9 Å². The molecule has 0 aliphatic carbocycles. The molecule has 0 saturated heterocycles. The van der Waals surface area contributed by atoms with Gasteiger partial charge in [-0.05, 0) is 154 Å². The molecule has 0 heterocycles. The predicted octanol–water partition coefficient (Wildman–Crippen LogP) is 22.4. The molecule has 0 radical (unpaired) electrons. The van der Waals surface area contributed by atoms with E-state index in [2.05, 4.69) is 174 Å². The van der Waals surface area contributed by atoms with E-state index in [1.165, 1.54) is 38.5 Å². The third-order valence-corrected chi connectivity index (χ3v) is 17.2. The van der Waals surface area contributed by atoms with Crippen molar-refractivity contribution < 1.29 is 48.3 Å². The molecule has 0 aromatic carbocycles. The highest BCUT2D eigenvalue weighted by Crippen LogP contribution is 2.18. The van der Waals surface area contributed by atoms with Crippen LogP contribution in [0.15, 0.2) is 146 Å². The minimum atomic E-state index is -0.238. The highest BCUT2D eigenvalue weighted by atomic mass is 16.6. The number of hydrogen-bond acceptors (Lipinski definition) is 12. The van der Waals surface area contributed by atoms with Crippen molar-refractivity contribution in [2.45, 2.75) is 322 Å². The number of esters is 4. The van der Waals surface area contributed by atoms with E-state index in [-0.39, 0.29) is 62.1 Å². The molecule has 2 unspecified atom stereocenters. The maximum Gasteiger partial charge on any atom is 0.307 e. The van der Waals surface area contributed by atoms with Crippen molar-refractivity contribution >= 4 is 23.9 Å². The Kier molecular flexibility index (Phi) is 75.0. The second-order valence-electron chi connectivity index (χ2n) is 26.4. The van der Waals surface area contributed by atoms with E-state index in [0.717, 1.165) is 218 Å². The fourth-order valence-electron chi connectivity index (χ4n) is 11.1. The van der Waals surface area contributed by atoms with Gasteiger partial charge in [0.1, 0.15) is 12.2 Å². The lowest BCUT2D eigenvalue weighted by atomic mass is 10.1. The van der Waals surface area contributed by atoms with Crippen molar-refractivity contribution in [2.24, 2.45) is 0 Å². The van der Waals surface area contributed by atoms with Crippen LogP contribution in [0, 0.1) is 0 Å². The number of unbranched alkanes of at least 4 members (excludes halogenated alkanes) is 20. The molecule has 0 spiro atoms. The summed E-state index contributed by atoms with van der Waals surface area (Å²) in [6.07, 6.45) is 95.0. The summed E-state index contributed by atoms with van der Waals surface area (Å²) < 4.78 is 23.1. The SMILES string of the molecule is CC/C=C\C/C=C\C/C=C\C/C=C\C/C=C\CCCC(=O)OC(C/C=C\CCCCCCCCOC(=O)CCN(CCO)CCN(CCO)CCC(=O)OCCCCCCCC/C=C\CC(CCCCCC)OC(=O)CCC/C=C\C/C=C\C/C=C\C/C=C\C/C=C\CC)CCCCCC. The first-order valence-electron chi connectivity index (χ1n) is 40.4. The fraction of sp³-hybridized carbons (Fsp3) is 0.682. The second kappa shape index (κ2) is 79.3. The maximum absolute atomic E-state index is 12.8. The standard InChI is InChI=1S/C88H148N2O10/c1-5-9-13-17-19-21-23-25-27-29-31-33-35-41-47-53-61-69-87(95)99-83(65-57-15-11-7-3)67-59-51-45-39-37-43-49-55-63-81-97-85(93)71-73-89(77-79-91)75-76-90(78-80-92)74-72-86(94)98-82-64-56-50-44-38-40-46-52-60-68-84(66-58-16-12-8-4)100-88(96)70-62-54-48-42-36-34-32-30-28-26-24-22-20-18-14-10-6-2/h9-10,13-14,19-22,25-28,31-34,41-42,47-48,51-52,59-60,83-84,91-92H,5-8,11-12,15-18,23-24,29-30,35-40,43-46,49-50,53-58,61-82H2,1-4H3/b13-9-,14-10-,21-19-,22-20-,27-25-,28-26-,33-31-,34-32-,47-41-,48-42-,59-51-,60-52-. The first kappa shape index (κ1) is 94.6. The van der Waals surface area contributed by atoms with Crippen LogP contribution >= 0.6 is 0 Å². The minimum absolute atomic E-state index is 0.0316. The monoisotopic (exact) mass is 1390 g/mol. The zero-order chi connectivity index (χ0) is 72.6. The van der Waals surface area contributed by atoms with E-state index in [1.807, 2.05) is 9.80 Å². The second-order valence-corrected chi connectivity index (χ2v) is 26.4. The Bertz CT molecular complexity index is 2080. The highest BCUT2D eigenvalue weighted by Gasteiger charge is 2.16. The van der Waals surface area contributed by atoms with Gasteiger partial charge in [0.25, 0.3) is 0 Å². The molecule has 12 nitrogen and oxygen atoms in total. The topological polar surface area (TPSA) is 152 Å². The minimum Gasteiger partial charge on any atom is -0.466 e. The molecule has 12 heteroatoms. The summed E-state index contributed by atoms with van der Waals surface area (Å²) in [5, 5.41) is 19.5. The molecule has 570 valence electrons. The van der Waals surface area contributed by atoms with Gasteiger partial charge in [-0.15, -0.1) is 0 Å². The van der Waals surface area contributed by atoms with Crippen LogP contribution in [0.1, 0.15) is 310 Å². The Morgan fingerprint density at radius 2 is 0.580 bits per heavy atom. The largest absolute Gasteiger partial charge is 0.466 e.